The lowest BCUT2D eigenvalue weighted by Crippen LogP contribution is -2.10. The summed E-state index contributed by atoms with van der Waals surface area (Å²) in [6, 6.07) is 12.2. The molecule has 6 nitrogen and oxygen atoms in total. The van der Waals surface area contributed by atoms with Crippen molar-refractivity contribution in [2.24, 2.45) is 0 Å². The first kappa shape index (κ1) is 21.6. The van der Waals surface area contributed by atoms with Crippen LogP contribution in [0, 0.1) is 0 Å². The number of hydrogen-bond acceptors (Lipinski definition) is 6. The lowest BCUT2D eigenvalue weighted by atomic mass is 10.2. The maximum Gasteiger partial charge on any atom is 0.343 e. The van der Waals surface area contributed by atoms with Gasteiger partial charge in [0.15, 0.2) is 0 Å². The summed E-state index contributed by atoms with van der Waals surface area (Å²) in [5.74, 6) is -0.281. The summed E-state index contributed by atoms with van der Waals surface area (Å²) in [6.45, 7) is 7.10. The highest BCUT2D eigenvalue weighted by atomic mass is 16.5. The topological polar surface area (TPSA) is 78.9 Å². The van der Waals surface area contributed by atoms with E-state index in [1.807, 2.05) is 0 Å². The lowest BCUT2D eigenvalue weighted by molar-refractivity contribution is -0.135. The van der Waals surface area contributed by atoms with E-state index in [9.17, 15) is 14.4 Å². The smallest absolute Gasteiger partial charge is 0.343 e. The van der Waals surface area contributed by atoms with Gasteiger partial charge < -0.3 is 14.2 Å². The summed E-state index contributed by atoms with van der Waals surface area (Å²) in [4.78, 5) is 35.4. The molecule has 0 aliphatic rings. The van der Waals surface area contributed by atoms with Crippen LogP contribution in [-0.4, -0.2) is 17.9 Å². The van der Waals surface area contributed by atoms with Crippen molar-refractivity contribution in [1.82, 2.24) is 0 Å². The first-order chi connectivity index (χ1) is 14.0. The van der Waals surface area contributed by atoms with Crippen LogP contribution < -0.4 is 14.2 Å². The predicted octanol–water partition coefficient (Wildman–Crippen LogP) is 4.65. The van der Waals surface area contributed by atoms with Gasteiger partial charge in [0, 0.05) is 12.8 Å². The number of carbonyl (C=O) groups is 3. The molecule has 0 amide bonds. The molecule has 29 heavy (non-hydrogen) atoms. The van der Waals surface area contributed by atoms with Gasteiger partial charge in [0.1, 0.15) is 17.2 Å². The largest absolute Gasteiger partial charge is 0.427 e. The van der Waals surface area contributed by atoms with Crippen LogP contribution in [0.15, 0.2) is 73.8 Å². The van der Waals surface area contributed by atoms with E-state index >= 15 is 0 Å². The molecule has 2 rings (SSSR count). The summed E-state index contributed by atoms with van der Waals surface area (Å²) >= 11 is 0. The Hall–Kier alpha value is -3.67. The Kier molecular flexibility index (Phi) is 8.38. The number of carbonyl (C=O) groups excluding carboxylic acids is 3. The Morgan fingerprint density at radius 1 is 0.655 bits per heavy atom. The SMILES string of the molecule is C=CCCC(=O)Oc1ccc(OC(=O)c2ccc(OC(=O)CCC=C)cc2)cc1. The molecule has 150 valence electrons. The van der Waals surface area contributed by atoms with E-state index in [1.54, 1.807) is 24.3 Å². The maximum atomic E-state index is 12.2. The van der Waals surface area contributed by atoms with Gasteiger partial charge in [0.2, 0.25) is 0 Å². The molecule has 2 aromatic rings. The van der Waals surface area contributed by atoms with Crippen molar-refractivity contribution in [1.29, 1.82) is 0 Å². The fraction of sp³-hybridized carbons (Fsp3) is 0.174. The summed E-state index contributed by atoms with van der Waals surface area (Å²) in [6.07, 6.45) is 4.85. The van der Waals surface area contributed by atoms with Crippen LogP contribution in [0.25, 0.3) is 0 Å². The van der Waals surface area contributed by atoms with Crippen LogP contribution in [0.5, 0.6) is 17.2 Å². The van der Waals surface area contributed by atoms with E-state index < -0.39 is 5.97 Å². The quantitative estimate of drug-likeness (QED) is 0.332. The van der Waals surface area contributed by atoms with Gasteiger partial charge >= 0.3 is 17.9 Å². The number of hydrogen-bond donors (Lipinski definition) is 0. The minimum atomic E-state index is -0.565. The molecule has 6 heteroatoms. The molecular formula is C23H22O6. The molecule has 0 heterocycles. The Morgan fingerprint density at radius 2 is 1.03 bits per heavy atom. The average Bonchev–Trinajstić information content (AvgIpc) is 2.72. The van der Waals surface area contributed by atoms with Gasteiger partial charge in [-0.15, -0.1) is 13.2 Å². The molecule has 0 aromatic heterocycles. The summed E-state index contributed by atoms with van der Waals surface area (Å²) in [5.41, 5.74) is 0.302. The molecule has 0 bridgehead atoms. The summed E-state index contributed by atoms with van der Waals surface area (Å²) in [7, 11) is 0. The van der Waals surface area contributed by atoms with Gasteiger partial charge in [-0.25, -0.2) is 4.79 Å². The van der Waals surface area contributed by atoms with E-state index in [1.165, 1.54) is 36.4 Å². The van der Waals surface area contributed by atoms with Gasteiger partial charge in [-0.1, -0.05) is 12.2 Å². The zero-order chi connectivity index (χ0) is 21.1. The zero-order valence-corrected chi connectivity index (χ0v) is 16.0. The fourth-order valence-electron chi connectivity index (χ4n) is 2.21. The Labute approximate surface area is 169 Å². The van der Waals surface area contributed by atoms with Crippen molar-refractivity contribution in [3.05, 3.63) is 79.4 Å². The molecule has 0 unspecified atom stereocenters. The standard InChI is InChI=1S/C23H22O6/c1-3-5-7-21(24)27-18-11-9-17(10-12-18)23(26)29-20-15-13-19(14-16-20)28-22(25)8-6-4-2/h3-4,9-16H,1-2,5-8H2. The predicted molar refractivity (Wildman–Crippen MR) is 108 cm³/mol. The second-order valence-corrected chi connectivity index (χ2v) is 5.99. The van der Waals surface area contributed by atoms with Crippen LogP contribution in [0.1, 0.15) is 36.0 Å². The highest BCUT2D eigenvalue weighted by Gasteiger charge is 2.11. The average molecular weight is 394 g/mol. The molecule has 0 radical (unpaired) electrons. The molecule has 0 fully saturated rings. The molecule has 0 N–H and O–H groups in total. The number of rotatable bonds is 10. The molecule has 0 saturated heterocycles. The number of esters is 3. The van der Waals surface area contributed by atoms with Gasteiger partial charge in [0.05, 0.1) is 5.56 Å². The van der Waals surface area contributed by atoms with E-state index in [2.05, 4.69) is 13.2 Å². The van der Waals surface area contributed by atoms with Crippen molar-refractivity contribution in [3.8, 4) is 17.2 Å². The molecule has 0 aliphatic carbocycles. The molecule has 2 aromatic carbocycles. The lowest BCUT2D eigenvalue weighted by Gasteiger charge is -2.07. The van der Waals surface area contributed by atoms with Crippen LogP contribution in [0.2, 0.25) is 0 Å². The molecular weight excluding hydrogens is 372 g/mol. The Morgan fingerprint density at radius 3 is 1.45 bits per heavy atom. The number of ether oxygens (including phenoxy) is 3. The Bertz CT molecular complexity index is 865. The zero-order valence-electron chi connectivity index (χ0n) is 16.0. The van der Waals surface area contributed by atoms with E-state index in [0.717, 1.165) is 0 Å². The van der Waals surface area contributed by atoms with E-state index in [-0.39, 0.29) is 24.8 Å². The molecule has 0 aliphatic heterocycles. The monoisotopic (exact) mass is 394 g/mol. The van der Waals surface area contributed by atoms with Crippen molar-refractivity contribution < 1.29 is 28.6 Å². The van der Waals surface area contributed by atoms with Crippen LogP contribution >= 0.6 is 0 Å². The maximum absolute atomic E-state index is 12.2. The third-order valence-corrected chi connectivity index (χ3v) is 3.69. The van der Waals surface area contributed by atoms with Crippen LogP contribution in [-0.2, 0) is 9.59 Å². The molecule has 0 atom stereocenters. The minimum absolute atomic E-state index is 0.243. The normalized spacial score (nSPS) is 9.93. The van der Waals surface area contributed by atoms with Gasteiger partial charge in [-0.3, -0.25) is 9.59 Å². The second kappa shape index (κ2) is 11.2. The van der Waals surface area contributed by atoms with Crippen LogP contribution in [0.3, 0.4) is 0 Å². The van der Waals surface area contributed by atoms with E-state index in [4.69, 9.17) is 14.2 Å². The highest BCUT2D eigenvalue weighted by Crippen LogP contribution is 2.20. The second-order valence-electron chi connectivity index (χ2n) is 5.99. The van der Waals surface area contributed by atoms with E-state index in [0.29, 0.717) is 35.7 Å². The third kappa shape index (κ3) is 7.46. The van der Waals surface area contributed by atoms with Crippen molar-refractivity contribution in [3.63, 3.8) is 0 Å². The number of allylic oxidation sites excluding steroid dienone is 2. The summed E-state index contributed by atoms with van der Waals surface area (Å²) < 4.78 is 15.6. The molecule has 0 saturated carbocycles. The molecule has 0 spiro atoms. The highest BCUT2D eigenvalue weighted by molar-refractivity contribution is 5.91. The Balaban J connectivity index is 1.89. The van der Waals surface area contributed by atoms with Gasteiger partial charge in [-0.2, -0.15) is 0 Å². The van der Waals surface area contributed by atoms with Crippen molar-refractivity contribution in [2.75, 3.05) is 0 Å². The first-order valence-electron chi connectivity index (χ1n) is 9.07. The first-order valence-corrected chi connectivity index (χ1v) is 9.07. The van der Waals surface area contributed by atoms with Gasteiger partial charge in [0.25, 0.3) is 0 Å². The van der Waals surface area contributed by atoms with Crippen molar-refractivity contribution >= 4 is 17.9 Å². The van der Waals surface area contributed by atoms with Crippen molar-refractivity contribution in [2.45, 2.75) is 25.7 Å². The fourth-order valence-corrected chi connectivity index (χ4v) is 2.21. The minimum Gasteiger partial charge on any atom is -0.427 e. The summed E-state index contributed by atoms with van der Waals surface area (Å²) in [5, 5.41) is 0. The number of benzene rings is 2. The van der Waals surface area contributed by atoms with Crippen LogP contribution in [0.4, 0.5) is 0 Å². The third-order valence-electron chi connectivity index (χ3n) is 3.69. The van der Waals surface area contributed by atoms with Gasteiger partial charge in [-0.05, 0) is 61.4 Å².